The third-order valence-electron chi connectivity index (χ3n) is 3.37. The molecule has 2 heterocycles. The number of anilines is 2. The van der Waals surface area contributed by atoms with Gasteiger partial charge in [-0.1, -0.05) is 18.2 Å². The number of para-hydroxylation sites is 1. The molecule has 19 heavy (non-hydrogen) atoms. The molecule has 5 heteroatoms. The van der Waals surface area contributed by atoms with Crippen LogP contribution in [-0.4, -0.2) is 21.8 Å². The third-order valence-corrected chi connectivity index (χ3v) is 3.37. The second kappa shape index (κ2) is 4.35. The molecular weight excluding hydrogens is 238 g/mol. The van der Waals surface area contributed by atoms with E-state index in [1.807, 2.05) is 12.1 Å². The van der Waals surface area contributed by atoms with Crippen LogP contribution in [0.4, 0.5) is 11.5 Å². The molecule has 5 nitrogen and oxygen atoms in total. The van der Waals surface area contributed by atoms with Crippen LogP contribution in [0.5, 0.6) is 0 Å². The standard InChI is InChI=1S/C14H15N5/c1-9-8-10-4-2-3-5-11(10)19(9)14-12(13(15)16)17-6-7-18-14/h2-7,9H,8H2,1H3,(H3,15,16). The quantitative estimate of drug-likeness (QED) is 0.632. The lowest BCUT2D eigenvalue weighted by Crippen LogP contribution is -2.28. The van der Waals surface area contributed by atoms with E-state index in [1.165, 1.54) is 5.56 Å². The molecule has 0 amide bonds. The second-order valence-corrected chi connectivity index (χ2v) is 4.69. The van der Waals surface area contributed by atoms with Gasteiger partial charge in [0.15, 0.2) is 5.82 Å². The maximum Gasteiger partial charge on any atom is 0.163 e. The number of amidine groups is 1. The van der Waals surface area contributed by atoms with E-state index in [-0.39, 0.29) is 11.9 Å². The van der Waals surface area contributed by atoms with Gasteiger partial charge < -0.3 is 10.6 Å². The highest BCUT2D eigenvalue weighted by Crippen LogP contribution is 2.37. The minimum Gasteiger partial charge on any atom is -0.382 e. The Hall–Kier alpha value is -2.43. The fourth-order valence-electron chi connectivity index (χ4n) is 2.59. The zero-order valence-electron chi connectivity index (χ0n) is 10.7. The summed E-state index contributed by atoms with van der Waals surface area (Å²) in [5.41, 5.74) is 8.45. The summed E-state index contributed by atoms with van der Waals surface area (Å²) in [7, 11) is 0. The number of benzene rings is 1. The van der Waals surface area contributed by atoms with Crippen LogP contribution in [0.2, 0.25) is 0 Å². The molecule has 0 spiro atoms. The van der Waals surface area contributed by atoms with E-state index < -0.39 is 0 Å². The number of nitrogens with two attached hydrogens (primary N) is 1. The molecule has 3 rings (SSSR count). The molecule has 3 N–H and O–H groups in total. The summed E-state index contributed by atoms with van der Waals surface area (Å²) in [5, 5.41) is 7.64. The minimum atomic E-state index is -0.0559. The van der Waals surface area contributed by atoms with Crippen LogP contribution in [-0.2, 0) is 6.42 Å². The number of nitrogens with one attached hydrogen (secondary N) is 1. The highest BCUT2D eigenvalue weighted by molar-refractivity contribution is 5.98. The Morgan fingerprint density at radius 2 is 2.05 bits per heavy atom. The number of fused-ring (bicyclic) bond motifs is 1. The van der Waals surface area contributed by atoms with Gasteiger partial charge >= 0.3 is 0 Å². The number of hydrogen-bond donors (Lipinski definition) is 2. The van der Waals surface area contributed by atoms with Crippen molar-refractivity contribution >= 4 is 17.3 Å². The van der Waals surface area contributed by atoms with Crippen molar-refractivity contribution in [1.29, 1.82) is 5.41 Å². The zero-order chi connectivity index (χ0) is 13.4. The zero-order valence-corrected chi connectivity index (χ0v) is 10.7. The fourth-order valence-corrected chi connectivity index (χ4v) is 2.59. The van der Waals surface area contributed by atoms with Gasteiger partial charge in [0.25, 0.3) is 0 Å². The van der Waals surface area contributed by atoms with Gasteiger partial charge in [0.05, 0.1) is 0 Å². The highest BCUT2D eigenvalue weighted by atomic mass is 15.2. The van der Waals surface area contributed by atoms with Gasteiger partial charge in [-0.15, -0.1) is 0 Å². The average molecular weight is 253 g/mol. The predicted molar refractivity (Wildman–Crippen MR) is 74.8 cm³/mol. The van der Waals surface area contributed by atoms with E-state index in [4.69, 9.17) is 11.1 Å². The normalized spacial score (nSPS) is 17.3. The number of hydrogen-bond acceptors (Lipinski definition) is 4. The first kappa shape index (κ1) is 11.6. The molecule has 1 aromatic carbocycles. The average Bonchev–Trinajstić information content (AvgIpc) is 2.74. The summed E-state index contributed by atoms with van der Waals surface area (Å²) in [6.45, 7) is 2.14. The van der Waals surface area contributed by atoms with Gasteiger partial charge in [-0.05, 0) is 25.0 Å². The molecule has 0 aliphatic carbocycles. The lowest BCUT2D eigenvalue weighted by molar-refractivity contribution is 0.747. The predicted octanol–water partition coefficient (Wildman–Crippen LogP) is 1.84. The van der Waals surface area contributed by atoms with Crippen LogP contribution in [0.3, 0.4) is 0 Å². The van der Waals surface area contributed by atoms with Crippen LogP contribution in [0.25, 0.3) is 0 Å². The second-order valence-electron chi connectivity index (χ2n) is 4.69. The van der Waals surface area contributed by atoms with Gasteiger partial charge in [-0.3, -0.25) is 5.41 Å². The van der Waals surface area contributed by atoms with E-state index in [9.17, 15) is 0 Å². The molecule has 1 aliphatic heterocycles. The molecule has 1 aliphatic rings. The maximum atomic E-state index is 7.64. The lowest BCUT2D eigenvalue weighted by Gasteiger charge is -2.25. The molecule has 0 saturated carbocycles. The van der Waals surface area contributed by atoms with Crippen molar-refractivity contribution in [2.75, 3.05) is 4.90 Å². The van der Waals surface area contributed by atoms with Crippen molar-refractivity contribution in [2.24, 2.45) is 5.73 Å². The van der Waals surface area contributed by atoms with Gasteiger partial charge in [-0.2, -0.15) is 0 Å². The van der Waals surface area contributed by atoms with Crippen molar-refractivity contribution in [3.8, 4) is 0 Å². The first-order valence-corrected chi connectivity index (χ1v) is 6.21. The third kappa shape index (κ3) is 1.83. The maximum absolute atomic E-state index is 7.64. The van der Waals surface area contributed by atoms with Crippen molar-refractivity contribution < 1.29 is 0 Å². The highest BCUT2D eigenvalue weighted by Gasteiger charge is 2.30. The van der Waals surface area contributed by atoms with Crippen molar-refractivity contribution in [1.82, 2.24) is 9.97 Å². The molecule has 1 aromatic heterocycles. The summed E-state index contributed by atoms with van der Waals surface area (Å²) >= 11 is 0. The van der Waals surface area contributed by atoms with Crippen molar-refractivity contribution in [2.45, 2.75) is 19.4 Å². The molecule has 2 aromatic rings. The summed E-state index contributed by atoms with van der Waals surface area (Å²) in [6.07, 6.45) is 4.16. The first-order valence-electron chi connectivity index (χ1n) is 6.21. The molecule has 96 valence electrons. The molecule has 0 fully saturated rings. The van der Waals surface area contributed by atoms with E-state index in [0.717, 1.165) is 12.1 Å². The van der Waals surface area contributed by atoms with E-state index in [0.29, 0.717) is 11.5 Å². The van der Waals surface area contributed by atoms with E-state index in [2.05, 4.69) is 33.9 Å². The Kier molecular flexibility index (Phi) is 2.67. The summed E-state index contributed by atoms with van der Waals surface area (Å²) in [6, 6.07) is 8.52. The van der Waals surface area contributed by atoms with Crippen LogP contribution in [0, 0.1) is 5.41 Å². The topological polar surface area (TPSA) is 78.9 Å². The number of rotatable bonds is 2. The number of nitrogens with zero attached hydrogens (tertiary/aromatic N) is 3. The van der Waals surface area contributed by atoms with Crippen LogP contribution in [0.15, 0.2) is 36.7 Å². The van der Waals surface area contributed by atoms with Gasteiger partial charge in [0, 0.05) is 24.1 Å². The molecular formula is C14H15N5. The van der Waals surface area contributed by atoms with Crippen LogP contribution >= 0.6 is 0 Å². The Labute approximate surface area is 111 Å². The van der Waals surface area contributed by atoms with Crippen LogP contribution in [0.1, 0.15) is 18.2 Å². The largest absolute Gasteiger partial charge is 0.382 e. The monoisotopic (exact) mass is 253 g/mol. The van der Waals surface area contributed by atoms with Crippen molar-refractivity contribution in [3.05, 3.63) is 47.9 Å². The van der Waals surface area contributed by atoms with Gasteiger partial charge in [0.1, 0.15) is 11.5 Å². The minimum absolute atomic E-state index is 0.0559. The smallest absolute Gasteiger partial charge is 0.163 e. The molecule has 1 atom stereocenters. The van der Waals surface area contributed by atoms with Crippen molar-refractivity contribution in [3.63, 3.8) is 0 Å². The summed E-state index contributed by atoms with van der Waals surface area (Å²) < 4.78 is 0. The number of nitrogen functional groups attached to an aromatic ring is 1. The summed E-state index contributed by atoms with van der Waals surface area (Å²) in [5.74, 6) is 0.604. The Morgan fingerprint density at radius 1 is 1.32 bits per heavy atom. The van der Waals surface area contributed by atoms with E-state index in [1.54, 1.807) is 12.4 Å². The van der Waals surface area contributed by atoms with Crippen LogP contribution < -0.4 is 10.6 Å². The number of aromatic nitrogens is 2. The Morgan fingerprint density at radius 3 is 2.84 bits per heavy atom. The Bertz CT molecular complexity index is 637. The molecule has 0 saturated heterocycles. The molecule has 0 radical (unpaired) electrons. The Balaban J connectivity index is 2.15. The lowest BCUT2D eigenvalue weighted by atomic mass is 10.1. The van der Waals surface area contributed by atoms with E-state index >= 15 is 0 Å². The fraction of sp³-hybridized carbons (Fsp3) is 0.214. The van der Waals surface area contributed by atoms with Gasteiger partial charge in [0.2, 0.25) is 0 Å². The molecule has 1 unspecified atom stereocenters. The van der Waals surface area contributed by atoms with Gasteiger partial charge in [-0.25, -0.2) is 9.97 Å². The SMILES string of the molecule is CC1Cc2ccccc2N1c1nccnc1C(=N)N. The summed E-state index contributed by atoms with van der Waals surface area (Å²) in [4.78, 5) is 10.7. The first-order chi connectivity index (χ1) is 9.18. The molecule has 0 bridgehead atoms.